The third-order valence-corrected chi connectivity index (χ3v) is 2.25. The van der Waals surface area contributed by atoms with Crippen LogP contribution in [-0.4, -0.2) is 19.7 Å². The fourth-order valence-corrected chi connectivity index (χ4v) is 1.48. The predicted molar refractivity (Wildman–Crippen MR) is 50.2 cm³/mol. The van der Waals surface area contributed by atoms with E-state index in [1.807, 2.05) is 0 Å². The Morgan fingerprint density at radius 3 is 3.14 bits per heavy atom. The highest BCUT2D eigenvalue weighted by atomic mass is 16.5. The van der Waals surface area contributed by atoms with Gasteiger partial charge in [-0.15, -0.1) is 0 Å². The van der Waals surface area contributed by atoms with Crippen molar-refractivity contribution >= 4 is 5.97 Å². The Morgan fingerprint density at radius 2 is 2.43 bits per heavy atom. The van der Waals surface area contributed by atoms with E-state index in [1.165, 1.54) is 7.11 Å². The second-order valence-corrected chi connectivity index (χ2v) is 3.16. The minimum absolute atomic E-state index is 0.144. The lowest BCUT2D eigenvalue weighted by atomic mass is 10.1. The smallest absolute Gasteiger partial charge is 0.337 e. The van der Waals surface area contributed by atoms with Gasteiger partial charge in [0.05, 0.1) is 18.7 Å². The Balaban J connectivity index is 2.39. The fourth-order valence-electron chi connectivity index (χ4n) is 1.48. The standard InChI is InChI=1S/C10H11NO3/c1-13-10(12)6-2-3-9-7(4-6)8(11)5-14-9/h2-4,8H,5,11H2,1H3/t8-/m1/s1. The van der Waals surface area contributed by atoms with Crippen molar-refractivity contribution in [3.05, 3.63) is 29.3 Å². The molecule has 0 aromatic heterocycles. The van der Waals surface area contributed by atoms with E-state index in [4.69, 9.17) is 10.5 Å². The number of ether oxygens (including phenoxy) is 2. The van der Waals surface area contributed by atoms with Crippen LogP contribution in [0.2, 0.25) is 0 Å². The van der Waals surface area contributed by atoms with Gasteiger partial charge in [0.1, 0.15) is 12.4 Å². The van der Waals surface area contributed by atoms with Gasteiger partial charge in [-0.25, -0.2) is 4.79 Å². The maximum absolute atomic E-state index is 11.2. The van der Waals surface area contributed by atoms with Crippen LogP contribution >= 0.6 is 0 Å². The van der Waals surface area contributed by atoms with Crippen molar-refractivity contribution in [3.63, 3.8) is 0 Å². The summed E-state index contributed by atoms with van der Waals surface area (Å²) in [5.74, 6) is 0.400. The number of esters is 1. The lowest BCUT2D eigenvalue weighted by Crippen LogP contribution is -2.11. The molecule has 1 aromatic carbocycles. The number of fused-ring (bicyclic) bond motifs is 1. The molecule has 0 fully saturated rings. The van der Waals surface area contributed by atoms with Gasteiger partial charge >= 0.3 is 5.97 Å². The third-order valence-electron chi connectivity index (χ3n) is 2.25. The highest BCUT2D eigenvalue weighted by Gasteiger charge is 2.21. The van der Waals surface area contributed by atoms with E-state index in [9.17, 15) is 4.79 Å². The second-order valence-electron chi connectivity index (χ2n) is 3.16. The lowest BCUT2D eigenvalue weighted by molar-refractivity contribution is 0.0600. The van der Waals surface area contributed by atoms with Crippen LogP contribution in [-0.2, 0) is 4.74 Å². The zero-order valence-corrected chi connectivity index (χ0v) is 7.82. The van der Waals surface area contributed by atoms with E-state index in [-0.39, 0.29) is 12.0 Å². The molecule has 0 spiro atoms. The molecule has 0 radical (unpaired) electrons. The van der Waals surface area contributed by atoms with Crippen LogP contribution in [0, 0.1) is 0 Å². The van der Waals surface area contributed by atoms with E-state index in [2.05, 4.69) is 4.74 Å². The molecule has 2 rings (SSSR count). The number of methoxy groups -OCH3 is 1. The van der Waals surface area contributed by atoms with Crippen molar-refractivity contribution in [1.29, 1.82) is 0 Å². The van der Waals surface area contributed by atoms with Gasteiger partial charge < -0.3 is 15.2 Å². The van der Waals surface area contributed by atoms with E-state index < -0.39 is 0 Å². The number of carbonyl (C=O) groups is 1. The van der Waals surface area contributed by atoms with Gasteiger partial charge in [-0.3, -0.25) is 0 Å². The third kappa shape index (κ3) is 1.33. The first-order valence-electron chi connectivity index (χ1n) is 4.33. The van der Waals surface area contributed by atoms with E-state index in [1.54, 1.807) is 18.2 Å². The Morgan fingerprint density at radius 1 is 1.64 bits per heavy atom. The highest BCUT2D eigenvalue weighted by Crippen LogP contribution is 2.31. The lowest BCUT2D eigenvalue weighted by Gasteiger charge is -2.03. The van der Waals surface area contributed by atoms with Crippen molar-refractivity contribution in [2.45, 2.75) is 6.04 Å². The number of hydrogen-bond acceptors (Lipinski definition) is 4. The number of carbonyl (C=O) groups excluding carboxylic acids is 1. The second kappa shape index (κ2) is 3.31. The molecule has 1 aliphatic rings. The maximum atomic E-state index is 11.2. The molecule has 0 saturated carbocycles. The van der Waals surface area contributed by atoms with Gasteiger partial charge in [0.15, 0.2) is 0 Å². The number of rotatable bonds is 1. The Bertz CT molecular complexity index is 376. The molecule has 1 atom stereocenters. The van der Waals surface area contributed by atoms with Crippen molar-refractivity contribution in [1.82, 2.24) is 0 Å². The van der Waals surface area contributed by atoms with Crippen LogP contribution in [0.1, 0.15) is 22.0 Å². The first-order chi connectivity index (χ1) is 6.72. The van der Waals surface area contributed by atoms with Crippen molar-refractivity contribution < 1.29 is 14.3 Å². The summed E-state index contributed by atoms with van der Waals surface area (Å²) in [5, 5.41) is 0. The van der Waals surface area contributed by atoms with Gasteiger partial charge in [0.2, 0.25) is 0 Å². The average Bonchev–Trinajstić information content (AvgIpc) is 2.59. The van der Waals surface area contributed by atoms with E-state index in [0.717, 1.165) is 11.3 Å². The fraction of sp³-hybridized carbons (Fsp3) is 0.300. The molecule has 2 N–H and O–H groups in total. The molecule has 1 aromatic rings. The largest absolute Gasteiger partial charge is 0.491 e. The molecule has 14 heavy (non-hydrogen) atoms. The molecule has 4 nitrogen and oxygen atoms in total. The quantitative estimate of drug-likeness (QED) is 0.672. The number of benzene rings is 1. The molecule has 1 heterocycles. The van der Waals surface area contributed by atoms with Crippen LogP contribution in [0.15, 0.2) is 18.2 Å². The van der Waals surface area contributed by atoms with Crippen molar-refractivity contribution in [2.24, 2.45) is 5.73 Å². The summed E-state index contributed by atoms with van der Waals surface area (Å²) in [7, 11) is 1.35. The molecule has 0 saturated heterocycles. The first kappa shape index (κ1) is 9.02. The van der Waals surface area contributed by atoms with Gasteiger partial charge in [-0.05, 0) is 18.2 Å². The summed E-state index contributed by atoms with van der Waals surface area (Å²) in [6.07, 6.45) is 0. The van der Waals surface area contributed by atoms with E-state index >= 15 is 0 Å². The molecule has 0 aliphatic carbocycles. The van der Waals surface area contributed by atoms with Gasteiger partial charge in [-0.2, -0.15) is 0 Å². The molecule has 1 aliphatic heterocycles. The normalized spacial score (nSPS) is 18.6. The van der Waals surface area contributed by atoms with Gasteiger partial charge in [0.25, 0.3) is 0 Å². The SMILES string of the molecule is COC(=O)c1ccc2c(c1)[C@H](N)CO2. The number of hydrogen-bond donors (Lipinski definition) is 1. The summed E-state index contributed by atoms with van der Waals surface area (Å²) >= 11 is 0. The molecule has 0 bridgehead atoms. The Labute approximate surface area is 81.6 Å². The molecule has 4 heteroatoms. The van der Waals surface area contributed by atoms with Crippen LogP contribution < -0.4 is 10.5 Å². The monoisotopic (exact) mass is 193 g/mol. The van der Waals surface area contributed by atoms with Crippen molar-refractivity contribution in [2.75, 3.05) is 13.7 Å². The van der Waals surface area contributed by atoms with Gasteiger partial charge in [0, 0.05) is 5.56 Å². The van der Waals surface area contributed by atoms with E-state index in [0.29, 0.717) is 12.2 Å². The Hall–Kier alpha value is -1.55. The summed E-state index contributed by atoms with van der Waals surface area (Å²) in [4.78, 5) is 11.2. The average molecular weight is 193 g/mol. The van der Waals surface area contributed by atoms with Crippen LogP contribution in [0.4, 0.5) is 0 Å². The summed E-state index contributed by atoms with van der Waals surface area (Å²) in [5.41, 5.74) is 7.15. The molecule has 0 amide bonds. The summed E-state index contributed by atoms with van der Waals surface area (Å²) in [6, 6.07) is 4.99. The van der Waals surface area contributed by atoms with Crippen LogP contribution in [0.5, 0.6) is 5.75 Å². The van der Waals surface area contributed by atoms with Crippen LogP contribution in [0.3, 0.4) is 0 Å². The zero-order valence-electron chi connectivity index (χ0n) is 7.82. The minimum atomic E-state index is -0.355. The molecule has 0 unspecified atom stereocenters. The number of nitrogens with two attached hydrogens (primary N) is 1. The van der Waals surface area contributed by atoms with Gasteiger partial charge in [-0.1, -0.05) is 0 Å². The minimum Gasteiger partial charge on any atom is -0.491 e. The Kier molecular flexibility index (Phi) is 2.13. The zero-order chi connectivity index (χ0) is 10.1. The van der Waals surface area contributed by atoms with Crippen molar-refractivity contribution in [3.8, 4) is 5.75 Å². The molecular weight excluding hydrogens is 182 g/mol. The topological polar surface area (TPSA) is 61.5 Å². The maximum Gasteiger partial charge on any atom is 0.337 e. The predicted octanol–water partition coefficient (Wildman–Crippen LogP) is 0.865. The molecule has 74 valence electrons. The highest BCUT2D eigenvalue weighted by molar-refractivity contribution is 5.89. The summed E-state index contributed by atoms with van der Waals surface area (Å²) < 4.78 is 9.91. The van der Waals surface area contributed by atoms with Crippen LogP contribution in [0.25, 0.3) is 0 Å². The molecular formula is C10H11NO3. The first-order valence-corrected chi connectivity index (χ1v) is 4.33. The summed E-state index contributed by atoms with van der Waals surface area (Å²) in [6.45, 7) is 0.472.